The van der Waals surface area contributed by atoms with Crippen molar-refractivity contribution in [1.29, 1.82) is 0 Å². The van der Waals surface area contributed by atoms with Crippen LogP contribution in [0.2, 0.25) is 0 Å². The van der Waals surface area contributed by atoms with E-state index in [-0.39, 0.29) is 5.54 Å². The maximum absolute atomic E-state index is 6.23. The molecule has 17 heavy (non-hydrogen) atoms. The minimum atomic E-state index is -0.172. The fourth-order valence-electron chi connectivity index (χ4n) is 2.11. The van der Waals surface area contributed by atoms with E-state index in [4.69, 9.17) is 15.2 Å². The largest absolute Gasteiger partial charge is 0.380 e. The molecular weight excluding hydrogens is 214 g/mol. The van der Waals surface area contributed by atoms with Gasteiger partial charge in [-0.25, -0.2) is 0 Å². The van der Waals surface area contributed by atoms with E-state index in [2.05, 4.69) is 12.1 Å². The molecule has 0 bridgehead atoms. The van der Waals surface area contributed by atoms with E-state index in [0.717, 1.165) is 25.9 Å². The zero-order chi connectivity index (χ0) is 12.0. The molecule has 94 valence electrons. The summed E-state index contributed by atoms with van der Waals surface area (Å²) in [7, 11) is 0. The van der Waals surface area contributed by atoms with Gasteiger partial charge < -0.3 is 15.2 Å². The van der Waals surface area contributed by atoms with Crippen molar-refractivity contribution < 1.29 is 9.47 Å². The van der Waals surface area contributed by atoms with Gasteiger partial charge in [-0.3, -0.25) is 0 Å². The monoisotopic (exact) mass is 235 g/mol. The van der Waals surface area contributed by atoms with E-state index in [1.807, 2.05) is 18.2 Å². The minimum Gasteiger partial charge on any atom is -0.380 e. The first kappa shape index (κ1) is 12.6. The van der Waals surface area contributed by atoms with Crippen LogP contribution >= 0.6 is 0 Å². The second-order valence-electron chi connectivity index (χ2n) is 4.81. The van der Waals surface area contributed by atoms with Crippen molar-refractivity contribution in [3.05, 3.63) is 35.9 Å². The number of ether oxygens (including phenoxy) is 2. The molecule has 1 aromatic rings. The summed E-state index contributed by atoms with van der Waals surface area (Å²) in [6.45, 7) is 2.89. The number of hydrogen-bond donors (Lipinski definition) is 1. The summed E-state index contributed by atoms with van der Waals surface area (Å²) >= 11 is 0. The van der Waals surface area contributed by atoms with Crippen LogP contribution in [0, 0.1) is 0 Å². The molecule has 1 atom stereocenters. The van der Waals surface area contributed by atoms with Crippen molar-refractivity contribution in [3.63, 3.8) is 0 Å². The van der Waals surface area contributed by atoms with Gasteiger partial charge in [0.15, 0.2) is 0 Å². The Bertz CT molecular complexity index is 320. The molecule has 0 saturated carbocycles. The molecule has 0 radical (unpaired) electrons. The standard InChI is InChI=1S/C14H21NO2/c15-14(7-4-9-17-12-14)8-10-16-11-13-5-2-1-3-6-13/h1-3,5-6H,4,7-12,15H2. The van der Waals surface area contributed by atoms with Crippen molar-refractivity contribution in [2.75, 3.05) is 19.8 Å². The molecule has 0 aromatic heterocycles. The molecule has 0 spiro atoms. The molecule has 2 rings (SSSR count). The molecule has 1 aromatic carbocycles. The van der Waals surface area contributed by atoms with Crippen LogP contribution in [0.1, 0.15) is 24.8 Å². The van der Waals surface area contributed by atoms with E-state index in [1.165, 1.54) is 5.56 Å². The first-order chi connectivity index (χ1) is 8.29. The lowest BCUT2D eigenvalue weighted by Gasteiger charge is -2.33. The molecule has 1 saturated heterocycles. The first-order valence-electron chi connectivity index (χ1n) is 6.27. The van der Waals surface area contributed by atoms with E-state index < -0.39 is 0 Å². The highest BCUT2D eigenvalue weighted by Crippen LogP contribution is 2.20. The van der Waals surface area contributed by atoms with E-state index in [1.54, 1.807) is 0 Å². The second-order valence-corrected chi connectivity index (χ2v) is 4.81. The summed E-state index contributed by atoms with van der Waals surface area (Å²) in [5.74, 6) is 0. The predicted octanol–water partition coefficient (Wildman–Crippen LogP) is 2.10. The second kappa shape index (κ2) is 6.15. The van der Waals surface area contributed by atoms with Crippen molar-refractivity contribution in [1.82, 2.24) is 0 Å². The maximum Gasteiger partial charge on any atom is 0.0716 e. The lowest BCUT2D eigenvalue weighted by molar-refractivity contribution is 0.0155. The molecule has 0 aliphatic carbocycles. The van der Waals surface area contributed by atoms with Gasteiger partial charge in [0.05, 0.1) is 13.2 Å². The third-order valence-corrected chi connectivity index (χ3v) is 3.21. The van der Waals surface area contributed by atoms with Crippen molar-refractivity contribution in [2.24, 2.45) is 5.73 Å². The molecule has 1 aliphatic rings. The summed E-state index contributed by atoms with van der Waals surface area (Å²) < 4.78 is 11.1. The number of rotatable bonds is 5. The molecular formula is C14H21NO2. The van der Waals surface area contributed by atoms with Gasteiger partial charge in [-0.2, -0.15) is 0 Å². The Morgan fingerprint density at radius 2 is 2.12 bits per heavy atom. The van der Waals surface area contributed by atoms with Crippen LogP contribution in [-0.2, 0) is 16.1 Å². The quantitative estimate of drug-likeness (QED) is 0.795. The van der Waals surface area contributed by atoms with Gasteiger partial charge in [0.1, 0.15) is 0 Å². The molecule has 1 aliphatic heterocycles. The lowest BCUT2D eigenvalue weighted by atomic mass is 9.90. The van der Waals surface area contributed by atoms with Crippen LogP contribution in [0.25, 0.3) is 0 Å². The van der Waals surface area contributed by atoms with Gasteiger partial charge in [-0.15, -0.1) is 0 Å². The summed E-state index contributed by atoms with van der Waals surface area (Å²) in [6, 6.07) is 10.2. The van der Waals surface area contributed by atoms with Gasteiger partial charge in [-0.1, -0.05) is 30.3 Å². The summed E-state index contributed by atoms with van der Waals surface area (Å²) in [5.41, 5.74) is 7.27. The third-order valence-electron chi connectivity index (χ3n) is 3.21. The lowest BCUT2D eigenvalue weighted by Crippen LogP contribution is -2.48. The number of hydrogen-bond acceptors (Lipinski definition) is 3. The fourth-order valence-corrected chi connectivity index (χ4v) is 2.11. The van der Waals surface area contributed by atoms with Gasteiger partial charge in [-0.05, 0) is 24.8 Å². The number of nitrogens with two attached hydrogens (primary N) is 1. The average molecular weight is 235 g/mol. The van der Waals surface area contributed by atoms with Crippen LogP contribution in [0.5, 0.6) is 0 Å². The molecule has 1 unspecified atom stereocenters. The average Bonchev–Trinajstić information content (AvgIpc) is 2.37. The molecule has 3 nitrogen and oxygen atoms in total. The van der Waals surface area contributed by atoms with E-state index in [9.17, 15) is 0 Å². The van der Waals surface area contributed by atoms with E-state index >= 15 is 0 Å². The van der Waals surface area contributed by atoms with Crippen molar-refractivity contribution >= 4 is 0 Å². The van der Waals surface area contributed by atoms with Crippen LogP contribution in [0.4, 0.5) is 0 Å². The normalized spacial score (nSPS) is 24.8. The molecule has 3 heteroatoms. The Kier molecular flexibility index (Phi) is 4.54. The molecule has 1 heterocycles. The van der Waals surface area contributed by atoms with Gasteiger partial charge in [0.2, 0.25) is 0 Å². The van der Waals surface area contributed by atoms with Crippen LogP contribution in [-0.4, -0.2) is 25.4 Å². The topological polar surface area (TPSA) is 44.5 Å². The van der Waals surface area contributed by atoms with Crippen molar-refractivity contribution in [3.8, 4) is 0 Å². The van der Waals surface area contributed by atoms with Crippen LogP contribution in [0.3, 0.4) is 0 Å². The zero-order valence-corrected chi connectivity index (χ0v) is 10.2. The van der Waals surface area contributed by atoms with Crippen LogP contribution in [0.15, 0.2) is 30.3 Å². The Balaban J connectivity index is 1.66. The van der Waals surface area contributed by atoms with Crippen LogP contribution < -0.4 is 5.73 Å². The molecule has 1 fully saturated rings. The van der Waals surface area contributed by atoms with Gasteiger partial charge in [0.25, 0.3) is 0 Å². The summed E-state index contributed by atoms with van der Waals surface area (Å²) in [4.78, 5) is 0. The minimum absolute atomic E-state index is 0.172. The molecule has 2 N–H and O–H groups in total. The Hall–Kier alpha value is -0.900. The maximum atomic E-state index is 6.23. The van der Waals surface area contributed by atoms with E-state index in [0.29, 0.717) is 19.8 Å². The van der Waals surface area contributed by atoms with Gasteiger partial charge in [0, 0.05) is 18.8 Å². The first-order valence-corrected chi connectivity index (χ1v) is 6.27. The zero-order valence-electron chi connectivity index (χ0n) is 10.2. The predicted molar refractivity (Wildman–Crippen MR) is 67.7 cm³/mol. The fraction of sp³-hybridized carbons (Fsp3) is 0.571. The Labute approximate surface area is 103 Å². The smallest absolute Gasteiger partial charge is 0.0716 e. The Morgan fingerprint density at radius 1 is 1.29 bits per heavy atom. The highest BCUT2D eigenvalue weighted by Gasteiger charge is 2.27. The third kappa shape index (κ3) is 4.11. The number of benzene rings is 1. The summed E-state index contributed by atoms with van der Waals surface area (Å²) in [6.07, 6.45) is 2.98. The Morgan fingerprint density at radius 3 is 2.82 bits per heavy atom. The van der Waals surface area contributed by atoms with Crippen molar-refractivity contribution in [2.45, 2.75) is 31.4 Å². The van der Waals surface area contributed by atoms with Gasteiger partial charge >= 0.3 is 0 Å². The molecule has 0 amide bonds. The summed E-state index contributed by atoms with van der Waals surface area (Å²) in [5, 5.41) is 0. The SMILES string of the molecule is NC1(CCOCc2ccccc2)CCCOC1. The highest BCUT2D eigenvalue weighted by atomic mass is 16.5. The highest BCUT2D eigenvalue weighted by molar-refractivity contribution is 5.13.